The van der Waals surface area contributed by atoms with Gasteiger partial charge in [-0.25, -0.2) is 4.99 Å². The highest BCUT2D eigenvalue weighted by molar-refractivity contribution is 7.28. The van der Waals surface area contributed by atoms with E-state index in [2.05, 4.69) is 168 Å². The molecule has 0 aliphatic carbocycles. The van der Waals surface area contributed by atoms with Crippen LogP contribution in [0, 0.1) is 0 Å². The predicted octanol–water partition coefficient (Wildman–Crippen LogP) is 16.0. The summed E-state index contributed by atoms with van der Waals surface area (Å²) in [6.07, 6.45) is 2.76. The molecule has 0 saturated carbocycles. The van der Waals surface area contributed by atoms with Gasteiger partial charge < -0.3 is 4.42 Å². The predicted molar refractivity (Wildman–Crippen MR) is 249 cm³/mol. The van der Waals surface area contributed by atoms with E-state index in [9.17, 15) is 0 Å². The number of aliphatic imine (C=N–C) groups is 1. The molecular formula is C53H34N2OS2. The van der Waals surface area contributed by atoms with Crippen molar-refractivity contribution in [1.82, 2.24) is 4.57 Å². The first-order valence-electron chi connectivity index (χ1n) is 20.1. The zero-order valence-corrected chi connectivity index (χ0v) is 33.0. The molecule has 1 aliphatic rings. The lowest BCUT2D eigenvalue weighted by molar-refractivity contribution is 0.499. The van der Waals surface area contributed by atoms with Crippen LogP contribution in [0.15, 0.2) is 173 Å². The molecule has 1 atom stereocenters. The van der Waals surface area contributed by atoms with Crippen LogP contribution in [0.2, 0.25) is 0 Å². The summed E-state index contributed by atoms with van der Waals surface area (Å²) in [5.74, 6) is 2.09. The van der Waals surface area contributed by atoms with Crippen LogP contribution in [0.5, 0.6) is 0 Å². The topological polar surface area (TPSA) is 30.4 Å². The molecule has 13 rings (SSSR count). The number of nitrogens with zero attached hydrogens (tertiary/aromatic N) is 2. The normalized spacial score (nSPS) is 15.0. The van der Waals surface area contributed by atoms with Crippen LogP contribution in [0.3, 0.4) is 0 Å². The van der Waals surface area contributed by atoms with Crippen molar-refractivity contribution in [1.29, 1.82) is 0 Å². The smallest absolute Gasteiger partial charge is 0.138 e. The molecule has 4 aromatic heterocycles. The number of furan rings is 1. The number of hydrogen-bond donors (Lipinski definition) is 0. The van der Waals surface area contributed by atoms with Crippen molar-refractivity contribution in [2.45, 2.75) is 25.2 Å². The zero-order valence-electron chi connectivity index (χ0n) is 31.4. The number of fused-ring (bicyclic) bond motifs is 14. The summed E-state index contributed by atoms with van der Waals surface area (Å²) in [5.41, 5.74) is 7.99. The lowest BCUT2D eigenvalue weighted by Crippen LogP contribution is -2.14. The molecule has 0 bridgehead atoms. The Balaban J connectivity index is 1.05. The quantitative estimate of drug-likeness (QED) is 0.172. The zero-order chi connectivity index (χ0) is 37.9. The molecule has 5 heteroatoms. The largest absolute Gasteiger partial charge is 0.458 e. The fraction of sp³-hybridized carbons (Fsp3) is 0.0755. The number of benzene rings is 8. The maximum Gasteiger partial charge on any atom is 0.138 e. The van der Waals surface area contributed by atoms with Crippen LogP contribution in [0.1, 0.15) is 36.5 Å². The van der Waals surface area contributed by atoms with Crippen molar-refractivity contribution in [3.63, 3.8) is 0 Å². The second-order valence-corrected chi connectivity index (χ2v) is 17.8. The summed E-state index contributed by atoms with van der Waals surface area (Å²) in [5, 5.41) is 11.5. The third-order valence-electron chi connectivity index (χ3n) is 12.5. The monoisotopic (exact) mass is 778 g/mol. The van der Waals surface area contributed by atoms with Crippen LogP contribution in [0.4, 0.5) is 5.69 Å². The Labute approximate surface area is 341 Å². The minimum Gasteiger partial charge on any atom is -0.458 e. The second kappa shape index (κ2) is 12.5. The molecule has 0 saturated heterocycles. The highest BCUT2D eigenvalue weighted by Gasteiger charge is 2.30. The van der Waals surface area contributed by atoms with E-state index in [1.54, 1.807) is 0 Å². The molecule has 1 unspecified atom stereocenters. The number of thiophene rings is 2. The van der Waals surface area contributed by atoms with E-state index >= 15 is 0 Å². The molecule has 0 radical (unpaired) electrons. The molecule has 5 heterocycles. The molecule has 3 nitrogen and oxygen atoms in total. The minimum absolute atomic E-state index is 0.0678. The molecule has 8 aromatic carbocycles. The van der Waals surface area contributed by atoms with Gasteiger partial charge in [0.2, 0.25) is 0 Å². The first kappa shape index (κ1) is 32.5. The maximum absolute atomic E-state index is 6.98. The van der Waals surface area contributed by atoms with Crippen LogP contribution < -0.4 is 0 Å². The summed E-state index contributed by atoms with van der Waals surface area (Å²) in [6, 6.07) is 60.0. The van der Waals surface area contributed by atoms with Gasteiger partial charge in [0.1, 0.15) is 22.9 Å². The van der Waals surface area contributed by atoms with E-state index in [0.29, 0.717) is 0 Å². The molecule has 58 heavy (non-hydrogen) atoms. The van der Waals surface area contributed by atoms with E-state index in [4.69, 9.17) is 9.41 Å². The average molecular weight is 779 g/mol. The second-order valence-electron chi connectivity index (χ2n) is 15.6. The summed E-state index contributed by atoms with van der Waals surface area (Å²) in [7, 11) is 0. The van der Waals surface area contributed by atoms with E-state index in [1.807, 2.05) is 22.7 Å². The molecule has 0 amide bonds. The van der Waals surface area contributed by atoms with Gasteiger partial charge in [-0.05, 0) is 82.8 Å². The van der Waals surface area contributed by atoms with Crippen LogP contribution in [-0.2, 0) is 0 Å². The number of hydrogen-bond acceptors (Lipinski definition) is 4. The third-order valence-corrected chi connectivity index (χ3v) is 14.8. The molecule has 0 spiro atoms. The SMILES string of the molecule is c1ccc(-c2cc3c(c4ccccc24)c2ccccc2n3C2=Nc3c(oc4ccccc34)C(c3cccc4c3sc3cc5sc6ccccc6c5cc34)CCC2)cc1. The standard InChI is InChI=1S/C53H34N2OS2/c1-2-14-31(15-3-1)40-29-44-50(34-18-5-4-16-32(34)40)38-19-6-9-24-43(38)55(44)49-27-13-21-35(52-51(54-49)39-20-7-10-25-45(39)56-52)36-22-12-23-37-42-28-41-33-17-8-11-26-46(33)57-47(41)30-48(42)58-53(36)37/h1-12,14-20,22-26,28-30,35H,13,21,27H2. The summed E-state index contributed by atoms with van der Waals surface area (Å²) in [6.45, 7) is 0. The first-order valence-corrected chi connectivity index (χ1v) is 21.8. The Morgan fingerprint density at radius 2 is 1.24 bits per heavy atom. The highest BCUT2D eigenvalue weighted by Crippen LogP contribution is 2.50. The fourth-order valence-electron chi connectivity index (χ4n) is 9.92. The van der Waals surface area contributed by atoms with Crippen LogP contribution in [-0.4, -0.2) is 10.4 Å². The first-order chi connectivity index (χ1) is 28.8. The van der Waals surface area contributed by atoms with Crippen LogP contribution in [0.25, 0.3) is 95.0 Å². The Kier molecular flexibility index (Phi) is 7.00. The van der Waals surface area contributed by atoms with Crippen molar-refractivity contribution in [2.24, 2.45) is 4.99 Å². The number of rotatable bonds is 2. The van der Waals surface area contributed by atoms with Gasteiger partial charge >= 0.3 is 0 Å². The molecule has 0 N–H and O–H groups in total. The van der Waals surface area contributed by atoms with Gasteiger partial charge in [-0.1, -0.05) is 121 Å². The Morgan fingerprint density at radius 3 is 2.14 bits per heavy atom. The van der Waals surface area contributed by atoms with Gasteiger partial charge in [0.05, 0.1) is 11.0 Å². The van der Waals surface area contributed by atoms with Gasteiger partial charge in [-0.15, -0.1) is 22.7 Å². The summed E-state index contributed by atoms with van der Waals surface area (Å²) in [4.78, 5) is 5.76. The van der Waals surface area contributed by atoms with Crippen molar-refractivity contribution in [2.75, 3.05) is 0 Å². The molecule has 274 valence electrons. The van der Waals surface area contributed by atoms with Gasteiger partial charge in [0.15, 0.2) is 0 Å². The van der Waals surface area contributed by atoms with E-state index < -0.39 is 0 Å². The molecule has 12 aromatic rings. The maximum atomic E-state index is 6.98. The van der Waals surface area contributed by atoms with E-state index in [1.165, 1.54) is 89.6 Å². The molecule has 1 aliphatic heterocycles. The molecular weight excluding hydrogens is 745 g/mol. The minimum atomic E-state index is 0.0678. The lowest BCUT2D eigenvalue weighted by atomic mass is 9.88. The van der Waals surface area contributed by atoms with Gasteiger partial charge in [0.25, 0.3) is 0 Å². The van der Waals surface area contributed by atoms with Crippen molar-refractivity contribution in [3.8, 4) is 11.1 Å². The molecule has 0 fully saturated rings. The van der Waals surface area contributed by atoms with Crippen LogP contribution >= 0.6 is 22.7 Å². The van der Waals surface area contributed by atoms with Gasteiger partial charge in [0, 0.05) is 68.8 Å². The van der Waals surface area contributed by atoms with E-state index in [-0.39, 0.29) is 5.92 Å². The van der Waals surface area contributed by atoms with Crippen molar-refractivity contribution in [3.05, 3.63) is 175 Å². The summed E-state index contributed by atoms with van der Waals surface area (Å²) >= 11 is 3.82. The highest BCUT2D eigenvalue weighted by atomic mass is 32.1. The van der Waals surface area contributed by atoms with Gasteiger partial charge in [-0.3, -0.25) is 4.57 Å². The number of aromatic nitrogens is 1. The van der Waals surface area contributed by atoms with Crippen molar-refractivity contribution >= 4 is 118 Å². The Hall–Kier alpha value is -6.53. The summed E-state index contributed by atoms with van der Waals surface area (Å²) < 4.78 is 14.8. The lowest BCUT2D eigenvalue weighted by Gasteiger charge is -2.21. The van der Waals surface area contributed by atoms with E-state index in [0.717, 1.165) is 47.5 Å². The Bertz CT molecular complexity index is 3670. The van der Waals surface area contributed by atoms with Gasteiger partial charge in [-0.2, -0.15) is 0 Å². The fourth-order valence-corrected chi connectivity index (χ4v) is 12.4. The Morgan fingerprint density at radius 1 is 0.534 bits per heavy atom. The average Bonchev–Trinajstić information content (AvgIpc) is 4.02. The van der Waals surface area contributed by atoms with Crippen molar-refractivity contribution < 1.29 is 4.42 Å². The number of para-hydroxylation sites is 2. The third kappa shape index (κ3) is 4.69.